The van der Waals surface area contributed by atoms with E-state index < -0.39 is 28.5 Å². The summed E-state index contributed by atoms with van der Waals surface area (Å²) < 4.78 is 5.87. The van der Waals surface area contributed by atoms with Gasteiger partial charge < -0.3 is 10.1 Å². The third kappa shape index (κ3) is 6.42. The van der Waals surface area contributed by atoms with E-state index in [4.69, 9.17) is 4.74 Å². The lowest BCUT2D eigenvalue weighted by atomic mass is 10.1. The van der Waals surface area contributed by atoms with Crippen molar-refractivity contribution in [3.63, 3.8) is 0 Å². The van der Waals surface area contributed by atoms with Crippen LogP contribution in [-0.2, 0) is 22.6 Å². The van der Waals surface area contributed by atoms with Crippen LogP contribution in [0.25, 0.3) is 6.08 Å². The Balaban J connectivity index is 1.42. The largest absolute Gasteiger partial charge is 0.488 e. The van der Waals surface area contributed by atoms with Gasteiger partial charge >= 0.3 is 0 Å². The molecule has 188 valence electrons. The SMILES string of the molecule is CCc1ccc(NC(=O)CN2C(=O)S/C(=C\c3ccccc3OCc3ccc([N+](=O)[O-])cc3)C2=O)cc1. The van der Waals surface area contributed by atoms with Crippen molar-refractivity contribution < 1.29 is 24.0 Å². The van der Waals surface area contributed by atoms with Crippen LogP contribution in [0, 0.1) is 10.1 Å². The number of carbonyl (C=O) groups excluding carboxylic acids is 3. The van der Waals surface area contributed by atoms with E-state index in [1.807, 2.05) is 19.1 Å². The number of imide groups is 1. The number of nitro benzene ring substituents is 1. The Morgan fingerprint density at radius 1 is 1.03 bits per heavy atom. The number of nitrogens with zero attached hydrogens (tertiary/aromatic N) is 2. The second kappa shape index (κ2) is 11.5. The van der Waals surface area contributed by atoms with Crippen molar-refractivity contribution in [2.24, 2.45) is 0 Å². The Bertz CT molecular complexity index is 1370. The molecule has 0 atom stereocenters. The maximum absolute atomic E-state index is 12.9. The molecule has 4 rings (SSSR count). The lowest BCUT2D eigenvalue weighted by molar-refractivity contribution is -0.384. The Labute approximate surface area is 217 Å². The molecule has 0 radical (unpaired) electrons. The van der Waals surface area contributed by atoms with Gasteiger partial charge in [-0.2, -0.15) is 0 Å². The number of ether oxygens (including phenoxy) is 1. The Hall–Kier alpha value is -4.44. The van der Waals surface area contributed by atoms with Gasteiger partial charge in [-0.3, -0.25) is 29.4 Å². The fourth-order valence-corrected chi connectivity index (χ4v) is 4.38. The molecule has 1 N–H and O–H groups in total. The lowest BCUT2D eigenvalue weighted by Crippen LogP contribution is -2.36. The van der Waals surface area contributed by atoms with Crippen LogP contribution in [0.15, 0.2) is 77.7 Å². The van der Waals surface area contributed by atoms with E-state index in [-0.39, 0.29) is 17.2 Å². The molecule has 9 nitrogen and oxygen atoms in total. The van der Waals surface area contributed by atoms with Crippen LogP contribution in [0.4, 0.5) is 16.2 Å². The van der Waals surface area contributed by atoms with E-state index >= 15 is 0 Å². The minimum absolute atomic E-state index is 0.0112. The van der Waals surface area contributed by atoms with E-state index in [1.165, 1.54) is 12.1 Å². The number of hydrogen-bond acceptors (Lipinski definition) is 7. The van der Waals surface area contributed by atoms with Crippen molar-refractivity contribution in [2.45, 2.75) is 20.0 Å². The number of rotatable bonds is 9. The molecule has 3 aromatic rings. The second-order valence-electron chi connectivity index (χ2n) is 8.12. The highest BCUT2D eigenvalue weighted by molar-refractivity contribution is 8.18. The van der Waals surface area contributed by atoms with Crippen LogP contribution in [0.2, 0.25) is 0 Å². The van der Waals surface area contributed by atoms with Gasteiger partial charge in [0.2, 0.25) is 5.91 Å². The highest BCUT2D eigenvalue weighted by atomic mass is 32.2. The molecule has 3 aromatic carbocycles. The fraction of sp³-hybridized carbons (Fsp3) is 0.148. The molecule has 10 heteroatoms. The van der Waals surface area contributed by atoms with Crippen molar-refractivity contribution >= 4 is 46.3 Å². The Morgan fingerprint density at radius 3 is 2.38 bits per heavy atom. The van der Waals surface area contributed by atoms with Gasteiger partial charge in [0.15, 0.2) is 0 Å². The first-order chi connectivity index (χ1) is 17.8. The summed E-state index contributed by atoms with van der Waals surface area (Å²) in [4.78, 5) is 49.3. The van der Waals surface area contributed by atoms with Gasteiger partial charge in [0.25, 0.3) is 16.8 Å². The molecule has 1 fully saturated rings. The number of anilines is 1. The second-order valence-corrected chi connectivity index (χ2v) is 9.11. The molecule has 37 heavy (non-hydrogen) atoms. The number of carbonyl (C=O) groups is 3. The number of amides is 3. The van der Waals surface area contributed by atoms with Crippen molar-refractivity contribution in [3.8, 4) is 5.75 Å². The van der Waals surface area contributed by atoms with Crippen molar-refractivity contribution in [3.05, 3.63) is 105 Å². The summed E-state index contributed by atoms with van der Waals surface area (Å²) in [5.74, 6) is -0.558. The molecule has 0 bridgehead atoms. The van der Waals surface area contributed by atoms with E-state index in [9.17, 15) is 24.5 Å². The molecule has 0 saturated carbocycles. The number of benzene rings is 3. The minimum Gasteiger partial charge on any atom is -0.488 e. The molecule has 1 heterocycles. The van der Waals surface area contributed by atoms with Gasteiger partial charge in [-0.25, -0.2) is 0 Å². The van der Waals surface area contributed by atoms with E-state index in [2.05, 4.69) is 5.32 Å². The van der Waals surface area contributed by atoms with Crippen LogP contribution in [0.5, 0.6) is 5.75 Å². The topological polar surface area (TPSA) is 119 Å². The van der Waals surface area contributed by atoms with Gasteiger partial charge in [-0.1, -0.05) is 37.3 Å². The van der Waals surface area contributed by atoms with Crippen molar-refractivity contribution in [1.82, 2.24) is 4.90 Å². The average molecular weight is 518 g/mol. The molecule has 3 amide bonds. The van der Waals surface area contributed by atoms with Crippen LogP contribution in [0.3, 0.4) is 0 Å². The molecule has 0 spiro atoms. The monoisotopic (exact) mass is 517 g/mol. The molecular weight excluding hydrogens is 494 g/mol. The summed E-state index contributed by atoms with van der Waals surface area (Å²) in [6, 6.07) is 20.4. The van der Waals surface area contributed by atoms with Gasteiger partial charge in [0.05, 0.1) is 9.83 Å². The van der Waals surface area contributed by atoms with Crippen LogP contribution < -0.4 is 10.1 Å². The molecule has 1 aliphatic rings. The number of para-hydroxylation sites is 1. The van der Waals surface area contributed by atoms with Gasteiger partial charge in [0.1, 0.15) is 18.9 Å². The van der Waals surface area contributed by atoms with Gasteiger partial charge in [-0.05, 0) is 65.7 Å². The van der Waals surface area contributed by atoms with E-state index in [0.29, 0.717) is 17.0 Å². The number of nitrogens with one attached hydrogen (secondary N) is 1. The maximum atomic E-state index is 12.9. The third-order valence-corrected chi connectivity index (χ3v) is 6.48. The van der Waals surface area contributed by atoms with E-state index in [1.54, 1.807) is 54.6 Å². The lowest BCUT2D eigenvalue weighted by Gasteiger charge is -2.13. The van der Waals surface area contributed by atoms with Gasteiger partial charge in [-0.15, -0.1) is 0 Å². The first-order valence-corrected chi connectivity index (χ1v) is 12.2. The maximum Gasteiger partial charge on any atom is 0.294 e. The predicted molar refractivity (Wildman–Crippen MR) is 141 cm³/mol. The molecule has 1 aliphatic heterocycles. The molecule has 0 aliphatic carbocycles. The Morgan fingerprint density at radius 2 is 1.70 bits per heavy atom. The molecular formula is C27H23N3O6S. The zero-order valence-electron chi connectivity index (χ0n) is 19.9. The smallest absolute Gasteiger partial charge is 0.294 e. The van der Waals surface area contributed by atoms with E-state index in [0.717, 1.165) is 34.2 Å². The normalized spacial score (nSPS) is 14.2. The first kappa shape index (κ1) is 25.6. The molecule has 1 saturated heterocycles. The zero-order valence-corrected chi connectivity index (χ0v) is 20.7. The summed E-state index contributed by atoms with van der Waals surface area (Å²) in [5.41, 5.74) is 3.02. The summed E-state index contributed by atoms with van der Waals surface area (Å²) >= 11 is 0.756. The quantitative estimate of drug-likeness (QED) is 0.229. The van der Waals surface area contributed by atoms with Crippen molar-refractivity contribution in [2.75, 3.05) is 11.9 Å². The average Bonchev–Trinajstić information content (AvgIpc) is 3.16. The number of aryl methyl sites for hydroxylation is 1. The summed E-state index contributed by atoms with van der Waals surface area (Å²) in [5, 5.41) is 13.0. The highest BCUT2D eigenvalue weighted by Crippen LogP contribution is 2.34. The number of thioether (sulfide) groups is 1. The minimum atomic E-state index is -0.559. The third-order valence-electron chi connectivity index (χ3n) is 5.57. The standard InChI is InChI=1S/C27H23N3O6S/c1-2-18-7-11-21(12-8-18)28-25(31)16-29-26(32)24(37-27(29)33)15-20-5-3-4-6-23(20)36-17-19-9-13-22(14-10-19)30(34)35/h3-15H,2,16-17H2,1H3,(H,28,31)/b24-15-. The Kier molecular flexibility index (Phi) is 7.99. The van der Waals surface area contributed by atoms with Crippen LogP contribution in [-0.4, -0.2) is 33.4 Å². The number of nitro groups is 1. The van der Waals surface area contributed by atoms with Crippen LogP contribution in [0.1, 0.15) is 23.6 Å². The first-order valence-electron chi connectivity index (χ1n) is 11.4. The fourth-order valence-electron chi connectivity index (χ4n) is 3.55. The molecule has 0 unspecified atom stereocenters. The highest BCUT2D eigenvalue weighted by Gasteiger charge is 2.36. The number of non-ortho nitro benzene ring substituents is 1. The summed E-state index contributed by atoms with van der Waals surface area (Å²) in [6.07, 6.45) is 2.43. The van der Waals surface area contributed by atoms with Crippen LogP contribution >= 0.6 is 11.8 Å². The summed E-state index contributed by atoms with van der Waals surface area (Å²) in [6.45, 7) is 1.80. The summed E-state index contributed by atoms with van der Waals surface area (Å²) in [7, 11) is 0. The zero-order chi connectivity index (χ0) is 26.4. The molecule has 0 aromatic heterocycles. The number of hydrogen-bond donors (Lipinski definition) is 1. The van der Waals surface area contributed by atoms with Crippen molar-refractivity contribution in [1.29, 1.82) is 0 Å². The predicted octanol–water partition coefficient (Wildman–Crippen LogP) is 5.41. The van der Waals surface area contributed by atoms with Gasteiger partial charge in [0, 0.05) is 23.4 Å².